The van der Waals surface area contributed by atoms with Crippen molar-refractivity contribution in [2.24, 2.45) is 0 Å². The molecule has 0 bridgehead atoms. The van der Waals surface area contributed by atoms with Gasteiger partial charge in [0.1, 0.15) is 17.5 Å². The highest BCUT2D eigenvalue weighted by Crippen LogP contribution is 2.14. The van der Waals surface area contributed by atoms with Gasteiger partial charge in [0.2, 0.25) is 0 Å². The Bertz CT molecular complexity index is 286. The van der Waals surface area contributed by atoms with E-state index in [2.05, 4.69) is 16.5 Å². The molecule has 0 aliphatic carbocycles. The Morgan fingerprint density at radius 1 is 1.75 bits per heavy atom. The monoisotopic (exact) mass is 165 g/mol. The number of aromatic nitrogens is 1. The third kappa shape index (κ3) is 1.53. The molecule has 1 N–H and O–H groups in total. The summed E-state index contributed by atoms with van der Waals surface area (Å²) in [6, 6.07) is 1.61. The molecule has 4 heteroatoms. The first kappa shape index (κ1) is 8.52. The van der Waals surface area contributed by atoms with E-state index in [-0.39, 0.29) is 5.91 Å². The average molecular weight is 165 g/mol. The van der Waals surface area contributed by atoms with Crippen LogP contribution >= 0.6 is 0 Å². The maximum Gasteiger partial charge on any atom is 0.257 e. The Labute approximate surface area is 70.6 Å². The van der Waals surface area contributed by atoms with E-state index in [9.17, 15) is 4.79 Å². The molecule has 1 aromatic rings. The summed E-state index contributed by atoms with van der Waals surface area (Å²) in [6.45, 7) is 0. The van der Waals surface area contributed by atoms with Gasteiger partial charge in [0.05, 0.1) is 7.11 Å². The van der Waals surface area contributed by atoms with Crippen LogP contribution in [-0.4, -0.2) is 25.0 Å². The highest BCUT2D eigenvalue weighted by Gasteiger charge is 2.09. The zero-order valence-electron chi connectivity index (χ0n) is 6.92. The third-order valence-electron chi connectivity index (χ3n) is 1.40. The average Bonchev–Trinajstić information content (AvgIpc) is 2.16. The molecule has 4 nitrogen and oxygen atoms in total. The second kappa shape index (κ2) is 3.71. The minimum Gasteiger partial charge on any atom is -0.496 e. The molecule has 12 heavy (non-hydrogen) atoms. The SMILES string of the molecule is CNC(=O)c1[c]nccc1OC. The normalized spacial score (nSPS) is 9.17. The highest BCUT2D eigenvalue weighted by molar-refractivity contribution is 5.96. The first-order valence-electron chi connectivity index (χ1n) is 3.42. The van der Waals surface area contributed by atoms with Gasteiger partial charge in [-0.1, -0.05) is 0 Å². The Balaban J connectivity index is 3.04. The highest BCUT2D eigenvalue weighted by atomic mass is 16.5. The molecule has 0 saturated heterocycles. The van der Waals surface area contributed by atoms with Gasteiger partial charge in [0, 0.05) is 13.2 Å². The van der Waals surface area contributed by atoms with Crippen molar-refractivity contribution in [2.45, 2.75) is 0 Å². The van der Waals surface area contributed by atoms with Crippen LogP contribution in [-0.2, 0) is 0 Å². The predicted molar refractivity (Wildman–Crippen MR) is 43.0 cm³/mol. The topological polar surface area (TPSA) is 51.2 Å². The van der Waals surface area contributed by atoms with Crippen molar-refractivity contribution in [1.82, 2.24) is 10.3 Å². The van der Waals surface area contributed by atoms with E-state index in [1.54, 1.807) is 13.1 Å². The first-order chi connectivity index (χ1) is 5.79. The smallest absolute Gasteiger partial charge is 0.257 e. The van der Waals surface area contributed by atoms with Crippen LogP contribution in [0.5, 0.6) is 5.75 Å². The molecule has 0 spiro atoms. The molecule has 0 aliphatic rings. The number of hydrogen-bond donors (Lipinski definition) is 1. The predicted octanol–water partition coefficient (Wildman–Crippen LogP) is 0.250. The fraction of sp³-hybridized carbons (Fsp3) is 0.250. The lowest BCUT2D eigenvalue weighted by atomic mass is 10.2. The molecule has 1 aromatic heterocycles. The summed E-state index contributed by atoms with van der Waals surface area (Å²) < 4.78 is 4.94. The molecule has 0 aliphatic heterocycles. The summed E-state index contributed by atoms with van der Waals surface area (Å²) in [5.74, 6) is 0.226. The minimum absolute atomic E-state index is 0.250. The van der Waals surface area contributed by atoms with Crippen LogP contribution in [0.15, 0.2) is 12.3 Å². The number of nitrogens with zero attached hydrogens (tertiary/aromatic N) is 1. The number of methoxy groups -OCH3 is 1. The molecule has 0 unspecified atom stereocenters. The van der Waals surface area contributed by atoms with Crippen LogP contribution in [0, 0.1) is 6.20 Å². The Kier molecular flexibility index (Phi) is 2.63. The van der Waals surface area contributed by atoms with E-state index >= 15 is 0 Å². The lowest BCUT2D eigenvalue weighted by molar-refractivity contribution is 0.0959. The maximum atomic E-state index is 11.1. The second-order valence-electron chi connectivity index (χ2n) is 2.08. The number of hydrogen-bond acceptors (Lipinski definition) is 3. The van der Waals surface area contributed by atoms with Crippen molar-refractivity contribution >= 4 is 5.91 Å². The molecule has 0 aromatic carbocycles. The number of nitrogens with one attached hydrogen (secondary N) is 1. The number of rotatable bonds is 2. The quantitative estimate of drug-likeness (QED) is 0.683. The van der Waals surface area contributed by atoms with Gasteiger partial charge >= 0.3 is 0 Å². The number of carbonyl (C=O) groups excluding carboxylic acids is 1. The van der Waals surface area contributed by atoms with E-state index in [0.29, 0.717) is 11.3 Å². The van der Waals surface area contributed by atoms with E-state index in [1.807, 2.05) is 0 Å². The maximum absolute atomic E-state index is 11.1. The van der Waals surface area contributed by atoms with Crippen LogP contribution in [0.2, 0.25) is 0 Å². The molecule has 1 rings (SSSR count). The molecule has 1 amide bonds. The molecular formula is C8H9N2O2. The summed E-state index contributed by atoms with van der Waals surface area (Å²) in [5, 5.41) is 2.47. The van der Waals surface area contributed by atoms with Gasteiger partial charge in [0.25, 0.3) is 5.91 Å². The molecule has 0 saturated carbocycles. The zero-order chi connectivity index (χ0) is 8.97. The van der Waals surface area contributed by atoms with Crippen molar-refractivity contribution in [1.29, 1.82) is 0 Å². The van der Waals surface area contributed by atoms with Crippen LogP contribution in [0.3, 0.4) is 0 Å². The molecule has 0 atom stereocenters. The van der Waals surface area contributed by atoms with Gasteiger partial charge in [0.15, 0.2) is 0 Å². The molecule has 0 fully saturated rings. The van der Waals surface area contributed by atoms with Crippen LogP contribution in [0.25, 0.3) is 0 Å². The Morgan fingerprint density at radius 3 is 3.08 bits per heavy atom. The third-order valence-corrected chi connectivity index (χ3v) is 1.40. The zero-order valence-corrected chi connectivity index (χ0v) is 6.92. The van der Waals surface area contributed by atoms with Crippen molar-refractivity contribution in [3.63, 3.8) is 0 Å². The number of carbonyl (C=O) groups is 1. The Morgan fingerprint density at radius 2 is 2.50 bits per heavy atom. The summed E-state index contributed by atoms with van der Waals surface area (Å²) in [6.07, 6.45) is 4.07. The standard InChI is InChI=1S/C8H9N2O2/c1-9-8(11)6-5-10-4-3-7(6)12-2/h3-4H,1-2H3,(H,9,11). The van der Waals surface area contributed by atoms with Gasteiger partial charge in [-0.05, 0) is 6.07 Å². The summed E-state index contributed by atoms with van der Waals surface area (Å²) in [4.78, 5) is 14.8. The summed E-state index contributed by atoms with van der Waals surface area (Å²) in [7, 11) is 3.04. The first-order valence-corrected chi connectivity index (χ1v) is 3.42. The molecule has 63 valence electrons. The van der Waals surface area contributed by atoms with Crippen molar-refractivity contribution < 1.29 is 9.53 Å². The summed E-state index contributed by atoms with van der Waals surface area (Å²) in [5.41, 5.74) is 0.322. The van der Waals surface area contributed by atoms with Crippen molar-refractivity contribution in [2.75, 3.05) is 14.2 Å². The molecule has 1 radical (unpaired) electrons. The van der Waals surface area contributed by atoms with Crippen LogP contribution in [0.1, 0.15) is 10.4 Å². The number of ether oxygens (including phenoxy) is 1. The van der Waals surface area contributed by atoms with Gasteiger partial charge in [-0.15, -0.1) is 0 Å². The van der Waals surface area contributed by atoms with Crippen molar-refractivity contribution in [3.05, 3.63) is 24.0 Å². The van der Waals surface area contributed by atoms with E-state index in [0.717, 1.165) is 0 Å². The molecule has 1 heterocycles. The van der Waals surface area contributed by atoms with E-state index in [1.165, 1.54) is 13.3 Å². The number of pyridine rings is 1. The van der Waals surface area contributed by atoms with Crippen LogP contribution < -0.4 is 10.1 Å². The fourth-order valence-corrected chi connectivity index (χ4v) is 0.803. The lowest BCUT2D eigenvalue weighted by Crippen LogP contribution is -2.18. The van der Waals surface area contributed by atoms with Crippen molar-refractivity contribution in [3.8, 4) is 5.75 Å². The number of amides is 1. The fourth-order valence-electron chi connectivity index (χ4n) is 0.803. The van der Waals surface area contributed by atoms with Gasteiger partial charge in [-0.2, -0.15) is 0 Å². The van der Waals surface area contributed by atoms with Gasteiger partial charge in [-0.3, -0.25) is 9.78 Å². The van der Waals surface area contributed by atoms with Crippen LogP contribution in [0.4, 0.5) is 0 Å². The van der Waals surface area contributed by atoms with Gasteiger partial charge in [-0.25, -0.2) is 0 Å². The largest absolute Gasteiger partial charge is 0.496 e. The Hall–Kier alpha value is -1.58. The summed E-state index contributed by atoms with van der Waals surface area (Å²) >= 11 is 0. The van der Waals surface area contributed by atoms with E-state index < -0.39 is 0 Å². The minimum atomic E-state index is -0.250. The van der Waals surface area contributed by atoms with E-state index in [4.69, 9.17) is 4.74 Å². The second-order valence-corrected chi connectivity index (χ2v) is 2.08. The lowest BCUT2D eigenvalue weighted by Gasteiger charge is -2.04. The van der Waals surface area contributed by atoms with Gasteiger partial charge < -0.3 is 10.1 Å². The molecular weight excluding hydrogens is 156 g/mol.